The van der Waals surface area contributed by atoms with Crippen molar-refractivity contribution in [2.45, 2.75) is 32.4 Å². The van der Waals surface area contributed by atoms with Crippen molar-refractivity contribution in [1.29, 1.82) is 0 Å². The van der Waals surface area contributed by atoms with Crippen molar-refractivity contribution < 1.29 is 14.7 Å². The van der Waals surface area contributed by atoms with Gasteiger partial charge < -0.3 is 10.4 Å². The molecule has 28 heavy (non-hydrogen) atoms. The molecule has 2 aromatic carbocycles. The summed E-state index contributed by atoms with van der Waals surface area (Å²) in [5.74, 6) is -0.959. The number of tetrazole rings is 1. The maximum absolute atomic E-state index is 12.7. The molecular formula is C20H21N5O3. The zero-order valence-corrected chi connectivity index (χ0v) is 15.6. The fourth-order valence-electron chi connectivity index (χ4n) is 2.88. The van der Waals surface area contributed by atoms with Gasteiger partial charge in [-0.2, -0.15) is 4.80 Å². The standard InChI is InChI=1S/C20H21N5O3/c1-13-8-6-7-11-16(13)17(12-18(26)27)21-20(28)14(2)25-23-19(22-24-25)15-9-4-3-5-10-15/h3-11,14,17H,12H2,1-2H3,(H,21,28)(H,26,27). The van der Waals surface area contributed by atoms with Crippen molar-refractivity contribution in [2.24, 2.45) is 0 Å². The van der Waals surface area contributed by atoms with Gasteiger partial charge in [0.2, 0.25) is 11.7 Å². The highest BCUT2D eigenvalue weighted by Gasteiger charge is 2.25. The molecule has 0 aliphatic carbocycles. The first-order valence-electron chi connectivity index (χ1n) is 8.88. The number of amides is 1. The summed E-state index contributed by atoms with van der Waals surface area (Å²) in [6.07, 6.45) is -0.219. The summed E-state index contributed by atoms with van der Waals surface area (Å²) in [6.45, 7) is 3.52. The number of hydrogen-bond acceptors (Lipinski definition) is 5. The Morgan fingerprint density at radius 1 is 1.11 bits per heavy atom. The molecule has 0 aliphatic heterocycles. The number of carbonyl (C=O) groups is 2. The van der Waals surface area contributed by atoms with Gasteiger partial charge >= 0.3 is 5.97 Å². The Morgan fingerprint density at radius 2 is 1.79 bits per heavy atom. The van der Waals surface area contributed by atoms with Gasteiger partial charge in [-0.1, -0.05) is 54.6 Å². The summed E-state index contributed by atoms with van der Waals surface area (Å²) in [7, 11) is 0. The van der Waals surface area contributed by atoms with Gasteiger partial charge in [0.25, 0.3) is 0 Å². The second-order valence-corrected chi connectivity index (χ2v) is 6.49. The highest BCUT2D eigenvalue weighted by Crippen LogP contribution is 2.22. The molecule has 0 saturated carbocycles. The maximum Gasteiger partial charge on any atom is 0.305 e. The quantitative estimate of drug-likeness (QED) is 0.653. The van der Waals surface area contributed by atoms with Crippen LogP contribution in [-0.2, 0) is 9.59 Å². The molecule has 1 aromatic heterocycles. The van der Waals surface area contributed by atoms with Gasteiger partial charge in [-0.05, 0) is 30.2 Å². The van der Waals surface area contributed by atoms with E-state index in [4.69, 9.17) is 0 Å². The van der Waals surface area contributed by atoms with Crippen LogP contribution in [0.1, 0.15) is 36.6 Å². The van der Waals surface area contributed by atoms with E-state index in [0.717, 1.165) is 16.7 Å². The Kier molecular flexibility index (Phi) is 5.78. The molecule has 1 heterocycles. The summed E-state index contributed by atoms with van der Waals surface area (Å²) in [5.41, 5.74) is 2.47. The van der Waals surface area contributed by atoms with Crippen LogP contribution in [0.15, 0.2) is 54.6 Å². The Balaban J connectivity index is 1.77. The number of carboxylic acids is 1. The van der Waals surface area contributed by atoms with E-state index in [2.05, 4.69) is 20.7 Å². The van der Waals surface area contributed by atoms with Gasteiger partial charge in [0, 0.05) is 5.56 Å². The lowest BCUT2D eigenvalue weighted by Crippen LogP contribution is -2.36. The molecule has 1 amide bonds. The molecule has 0 spiro atoms. The molecular weight excluding hydrogens is 358 g/mol. The Hall–Kier alpha value is -3.55. The lowest BCUT2D eigenvalue weighted by molar-refractivity contribution is -0.137. The smallest absolute Gasteiger partial charge is 0.305 e. The molecule has 0 bridgehead atoms. The number of nitrogens with one attached hydrogen (secondary N) is 1. The molecule has 0 saturated heterocycles. The van der Waals surface area contributed by atoms with Crippen LogP contribution in [0, 0.1) is 6.92 Å². The van der Waals surface area contributed by atoms with E-state index in [0.29, 0.717) is 5.82 Å². The molecule has 2 atom stereocenters. The van der Waals surface area contributed by atoms with Gasteiger partial charge in [0.05, 0.1) is 12.5 Å². The average molecular weight is 379 g/mol. The number of nitrogens with zero attached hydrogens (tertiary/aromatic N) is 4. The van der Waals surface area contributed by atoms with Gasteiger partial charge in [-0.25, -0.2) is 0 Å². The minimum atomic E-state index is -0.994. The van der Waals surface area contributed by atoms with Crippen LogP contribution in [0.25, 0.3) is 11.4 Å². The van der Waals surface area contributed by atoms with Crippen molar-refractivity contribution >= 4 is 11.9 Å². The average Bonchev–Trinajstić information content (AvgIpc) is 3.18. The molecule has 2 unspecified atom stereocenters. The van der Waals surface area contributed by atoms with E-state index in [1.165, 1.54) is 4.80 Å². The van der Waals surface area contributed by atoms with E-state index >= 15 is 0 Å². The monoisotopic (exact) mass is 379 g/mol. The lowest BCUT2D eigenvalue weighted by atomic mass is 9.98. The topological polar surface area (TPSA) is 110 Å². The zero-order chi connectivity index (χ0) is 20.1. The third kappa shape index (κ3) is 4.40. The van der Waals surface area contributed by atoms with Crippen molar-refractivity contribution in [3.8, 4) is 11.4 Å². The fraction of sp³-hybridized carbons (Fsp3) is 0.250. The first-order valence-corrected chi connectivity index (χ1v) is 8.88. The van der Waals surface area contributed by atoms with Gasteiger partial charge in [0.1, 0.15) is 6.04 Å². The van der Waals surface area contributed by atoms with E-state index in [9.17, 15) is 14.7 Å². The molecule has 3 aromatic rings. The number of aliphatic carboxylic acids is 1. The summed E-state index contributed by atoms with van der Waals surface area (Å²) in [5, 5.41) is 24.3. The Morgan fingerprint density at radius 3 is 2.46 bits per heavy atom. The molecule has 0 aliphatic rings. The van der Waals surface area contributed by atoms with E-state index in [1.54, 1.807) is 6.92 Å². The number of benzene rings is 2. The third-order valence-electron chi connectivity index (χ3n) is 4.45. The summed E-state index contributed by atoms with van der Waals surface area (Å²) in [4.78, 5) is 25.2. The third-order valence-corrected chi connectivity index (χ3v) is 4.45. The van der Waals surface area contributed by atoms with E-state index in [1.807, 2.05) is 61.5 Å². The summed E-state index contributed by atoms with van der Waals surface area (Å²) < 4.78 is 0. The molecule has 2 N–H and O–H groups in total. The molecule has 144 valence electrons. The first kappa shape index (κ1) is 19.2. The minimum Gasteiger partial charge on any atom is -0.481 e. The number of aromatic nitrogens is 4. The normalized spacial score (nSPS) is 12.9. The van der Waals surface area contributed by atoms with Gasteiger partial charge in [-0.15, -0.1) is 10.2 Å². The lowest BCUT2D eigenvalue weighted by Gasteiger charge is -2.21. The van der Waals surface area contributed by atoms with Crippen LogP contribution < -0.4 is 5.32 Å². The van der Waals surface area contributed by atoms with Crippen molar-refractivity contribution in [3.05, 3.63) is 65.7 Å². The number of rotatable bonds is 7. The van der Waals surface area contributed by atoms with Gasteiger partial charge in [-0.3, -0.25) is 9.59 Å². The highest BCUT2D eigenvalue weighted by molar-refractivity contribution is 5.81. The van der Waals surface area contributed by atoms with E-state index < -0.39 is 18.1 Å². The fourth-order valence-corrected chi connectivity index (χ4v) is 2.88. The van der Waals surface area contributed by atoms with Crippen LogP contribution in [0.3, 0.4) is 0 Å². The summed E-state index contributed by atoms with van der Waals surface area (Å²) >= 11 is 0. The number of carbonyl (C=O) groups excluding carboxylic acids is 1. The predicted octanol–water partition coefficient (Wildman–Crippen LogP) is 2.54. The van der Waals surface area contributed by atoms with Gasteiger partial charge in [0.15, 0.2) is 0 Å². The minimum absolute atomic E-state index is 0.219. The predicted molar refractivity (Wildman–Crippen MR) is 102 cm³/mol. The molecule has 3 rings (SSSR count). The molecule has 8 nitrogen and oxygen atoms in total. The first-order chi connectivity index (χ1) is 13.5. The van der Waals surface area contributed by atoms with Crippen molar-refractivity contribution in [3.63, 3.8) is 0 Å². The molecule has 8 heteroatoms. The summed E-state index contributed by atoms with van der Waals surface area (Å²) in [6, 6.07) is 15.3. The largest absolute Gasteiger partial charge is 0.481 e. The molecule has 0 fully saturated rings. The van der Waals surface area contributed by atoms with Crippen LogP contribution in [0.5, 0.6) is 0 Å². The zero-order valence-electron chi connectivity index (χ0n) is 15.6. The van der Waals surface area contributed by atoms with Crippen LogP contribution >= 0.6 is 0 Å². The SMILES string of the molecule is Cc1ccccc1C(CC(=O)O)NC(=O)C(C)n1nnc(-c2ccccc2)n1. The highest BCUT2D eigenvalue weighted by atomic mass is 16.4. The van der Waals surface area contributed by atoms with Crippen LogP contribution in [0.2, 0.25) is 0 Å². The van der Waals surface area contributed by atoms with Crippen molar-refractivity contribution in [2.75, 3.05) is 0 Å². The van der Waals surface area contributed by atoms with Crippen molar-refractivity contribution in [1.82, 2.24) is 25.5 Å². The van der Waals surface area contributed by atoms with E-state index in [-0.39, 0.29) is 12.3 Å². The second kappa shape index (κ2) is 8.43. The second-order valence-electron chi connectivity index (χ2n) is 6.49. The number of aryl methyl sites for hydroxylation is 1. The Labute approximate surface area is 162 Å². The number of hydrogen-bond donors (Lipinski definition) is 2. The Bertz CT molecular complexity index is 971. The maximum atomic E-state index is 12.7. The number of carboxylic acid groups (broad SMARTS) is 1. The van der Waals surface area contributed by atoms with Crippen LogP contribution in [-0.4, -0.2) is 37.2 Å². The molecule has 0 radical (unpaired) electrons. The van der Waals surface area contributed by atoms with Crippen LogP contribution in [0.4, 0.5) is 0 Å².